The molecule has 0 fully saturated rings. The number of anilines is 1. The van der Waals surface area contributed by atoms with Crippen LogP contribution in [0.4, 0.5) is 5.69 Å². The van der Waals surface area contributed by atoms with Crippen LogP contribution in [0.25, 0.3) is 5.82 Å². The minimum Gasteiger partial charge on any atom is -0.439 e. The third-order valence-corrected chi connectivity index (χ3v) is 6.39. The van der Waals surface area contributed by atoms with Crippen molar-refractivity contribution in [2.75, 3.05) is 4.72 Å². The molecule has 33 heavy (non-hydrogen) atoms. The predicted molar refractivity (Wildman–Crippen MR) is 127 cm³/mol. The summed E-state index contributed by atoms with van der Waals surface area (Å²) >= 11 is 0. The Morgan fingerprint density at radius 1 is 0.939 bits per heavy atom. The molecular weight excluding hydrogens is 438 g/mol. The van der Waals surface area contributed by atoms with Crippen LogP contribution in [0.3, 0.4) is 0 Å². The molecule has 2 heterocycles. The van der Waals surface area contributed by atoms with Crippen molar-refractivity contribution < 1.29 is 13.2 Å². The Balaban J connectivity index is 1.46. The zero-order chi connectivity index (χ0) is 23.6. The summed E-state index contributed by atoms with van der Waals surface area (Å²) in [6, 6.07) is 15.8. The first kappa shape index (κ1) is 22.5. The smallest absolute Gasteiger partial charge is 0.236 e. The molecule has 0 saturated carbocycles. The van der Waals surface area contributed by atoms with E-state index in [1.165, 1.54) is 0 Å². The highest BCUT2D eigenvalue weighted by Gasteiger charge is 2.13. The lowest BCUT2D eigenvalue weighted by Crippen LogP contribution is -2.15. The Morgan fingerprint density at radius 2 is 1.64 bits per heavy atom. The standard InChI is InChI=1S/C24H25N5O3S/c1-16-5-7-20(8-6-16)14-33(30,31)28-21-9-11-22(12-10-21)32-24-13-23(26-19(4)27-24)29-15-25-17(2)18(29)3/h5-13,15,28H,14H2,1-4H3. The van der Waals surface area contributed by atoms with Crippen molar-refractivity contribution in [2.24, 2.45) is 0 Å². The fraction of sp³-hybridized carbons (Fsp3) is 0.208. The number of hydrogen-bond donors (Lipinski definition) is 1. The van der Waals surface area contributed by atoms with Crippen LogP contribution in [0, 0.1) is 27.7 Å². The lowest BCUT2D eigenvalue weighted by Gasteiger charge is -2.11. The van der Waals surface area contributed by atoms with Gasteiger partial charge < -0.3 is 4.74 Å². The monoisotopic (exact) mass is 463 g/mol. The van der Waals surface area contributed by atoms with Gasteiger partial charge in [-0.05, 0) is 57.5 Å². The van der Waals surface area contributed by atoms with Gasteiger partial charge in [0.15, 0.2) is 0 Å². The maximum absolute atomic E-state index is 12.5. The largest absolute Gasteiger partial charge is 0.439 e. The fourth-order valence-corrected chi connectivity index (χ4v) is 4.46. The number of benzene rings is 2. The number of nitrogens with one attached hydrogen (secondary N) is 1. The van der Waals surface area contributed by atoms with E-state index in [2.05, 4.69) is 19.7 Å². The summed E-state index contributed by atoms with van der Waals surface area (Å²) < 4.78 is 35.4. The van der Waals surface area contributed by atoms with Gasteiger partial charge in [-0.3, -0.25) is 9.29 Å². The Hall–Kier alpha value is -3.72. The second-order valence-corrected chi connectivity index (χ2v) is 9.59. The minimum absolute atomic E-state index is 0.0956. The molecule has 0 aliphatic carbocycles. The van der Waals surface area contributed by atoms with Crippen molar-refractivity contribution in [3.8, 4) is 17.4 Å². The molecule has 0 atom stereocenters. The summed E-state index contributed by atoms with van der Waals surface area (Å²) in [5.41, 5.74) is 4.18. The number of hydrogen-bond acceptors (Lipinski definition) is 6. The molecule has 9 heteroatoms. The molecule has 0 amide bonds. The molecule has 0 radical (unpaired) electrons. The van der Waals surface area contributed by atoms with Gasteiger partial charge in [-0.25, -0.2) is 18.4 Å². The topological polar surface area (TPSA) is 99.0 Å². The van der Waals surface area contributed by atoms with Crippen LogP contribution in [-0.4, -0.2) is 27.9 Å². The lowest BCUT2D eigenvalue weighted by molar-refractivity contribution is 0.459. The summed E-state index contributed by atoms with van der Waals surface area (Å²) in [5.74, 6) is 2.04. The maximum Gasteiger partial charge on any atom is 0.236 e. The average Bonchev–Trinajstić information content (AvgIpc) is 3.09. The minimum atomic E-state index is -3.54. The van der Waals surface area contributed by atoms with E-state index in [9.17, 15) is 8.42 Å². The molecule has 0 unspecified atom stereocenters. The number of nitrogens with zero attached hydrogens (tertiary/aromatic N) is 4. The van der Waals surface area contributed by atoms with Gasteiger partial charge in [0.05, 0.1) is 11.4 Å². The predicted octanol–water partition coefficient (Wildman–Crippen LogP) is 4.63. The summed E-state index contributed by atoms with van der Waals surface area (Å²) in [6.07, 6.45) is 1.72. The van der Waals surface area contributed by atoms with E-state index < -0.39 is 10.0 Å². The van der Waals surface area contributed by atoms with Gasteiger partial charge in [0.1, 0.15) is 23.7 Å². The first-order chi connectivity index (χ1) is 15.7. The summed E-state index contributed by atoms with van der Waals surface area (Å²) in [5, 5.41) is 0. The van der Waals surface area contributed by atoms with Crippen LogP contribution in [0.5, 0.6) is 11.6 Å². The Morgan fingerprint density at radius 3 is 2.27 bits per heavy atom. The maximum atomic E-state index is 12.5. The molecule has 0 spiro atoms. The highest BCUT2D eigenvalue weighted by atomic mass is 32.2. The first-order valence-electron chi connectivity index (χ1n) is 10.4. The number of ether oxygens (including phenoxy) is 1. The van der Waals surface area contributed by atoms with Crippen molar-refractivity contribution >= 4 is 15.7 Å². The van der Waals surface area contributed by atoms with E-state index in [1.54, 1.807) is 43.6 Å². The van der Waals surface area contributed by atoms with E-state index in [0.29, 0.717) is 29.0 Å². The van der Waals surface area contributed by atoms with Crippen LogP contribution >= 0.6 is 0 Å². The molecule has 0 saturated heterocycles. The molecule has 170 valence electrons. The van der Waals surface area contributed by atoms with Crippen LogP contribution < -0.4 is 9.46 Å². The van der Waals surface area contributed by atoms with Gasteiger partial charge in [-0.2, -0.15) is 4.98 Å². The third-order valence-electron chi connectivity index (χ3n) is 5.13. The van der Waals surface area contributed by atoms with Gasteiger partial charge in [0.25, 0.3) is 0 Å². The van der Waals surface area contributed by atoms with Crippen molar-refractivity contribution in [1.82, 2.24) is 19.5 Å². The van der Waals surface area contributed by atoms with Gasteiger partial charge in [0.2, 0.25) is 15.9 Å². The highest BCUT2D eigenvalue weighted by Crippen LogP contribution is 2.24. The van der Waals surface area contributed by atoms with Gasteiger partial charge in [-0.15, -0.1) is 0 Å². The highest BCUT2D eigenvalue weighted by molar-refractivity contribution is 7.91. The van der Waals surface area contributed by atoms with Crippen molar-refractivity contribution in [2.45, 2.75) is 33.4 Å². The Labute approximate surface area is 193 Å². The number of imidazole rings is 1. The van der Waals surface area contributed by atoms with E-state index >= 15 is 0 Å². The Kier molecular flexibility index (Phi) is 6.15. The molecule has 2 aromatic carbocycles. The average molecular weight is 464 g/mol. The van der Waals surface area contributed by atoms with Crippen LogP contribution in [0.1, 0.15) is 28.3 Å². The molecule has 2 aromatic heterocycles. The number of rotatable bonds is 7. The van der Waals surface area contributed by atoms with E-state index in [0.717, 1.165) is 22.5 Å². The second-order valence-electron chi connectivity index (χ2n) is 7.87. The summed E-state index contributed by atoms with van der Waals surface area (Å²) in [6.45, 7) is 7.66. The zero-order valence-corrected chi connectivity index (χ0v) is 19.7. The number of aryl methyl sites for hydroxylation is 3. The molecule has 4 aromatic rings. The summed E-state index contributed by atoms with van der Waals surface area (Å²) in [4.78, 5) is 13.1. The lowest BCUT2D eigenvalue weighted by atomic mass is 10.2. The van der Waals surface area contributed by atoms with Gasteiger partial charge in [-0.1, -0.05) is 29.8 Å². The zero-order valence-electron chi connectivity index (χ0n) is 18.9. The van der Waals surface area contributed by atoms with Crippen molar-refractivity contribution in [1.29, 1.82) is 0 Å². The van der Waals surface area contributed by atoms with E-state index in [-0.39, 0.29) is 5.75 Å². The molecular formula is C24H25N5O3S. The Bertz CT molecular complexity index is 1380. The van der Waals surface area contributed by atoms with Crippen LogP contribution in [0.15, 0.2) is 60.9 Å². The third kappa shape index (κ3) is 5.56. The SMILES string of the molecule is Cc1ccc(CS(=O)(=O)Nc2ccc(Oc3cc(-n4cnc(C)c4C)nc(C)n3)cc2)cc1. The molecule has 8 nitrogen and oxygen atoms in total. The molecule has 0 aliphatic rings. The van der Waals surface area contributed by atoms with Crippen LogP contribution in [0.2, 0.25) is 0 Å². The van der Waals surface area contributed by atoms with Gasteiger partial charge >= 0.3 is 0 Å². The van der Waals surface area contributed by atoms with Gasteiger partial charge in [0, 0.05) is 17.4 Å². The van der Waals surface area contributed by atoms with E-state index in [4.69, 9.17) is 4.74 Å². The molecule has 4 rings (SSSR count). The van der Waals surface area contributed by atoms with E-state index in [1.807, 2.05) is 49.6 Å². The number of sulfonamides is 1. The van der Waals surface area contributed by atoms with Crippen molar-refractivity contribution in [3.05, 3.63) is 89.3 Å². The number of aromatic nitrogens is 4. The fourth-order valence-electron chi connectivity index (χ4n) is 3.26. The van der Waals surface area contributed by atoms with Crippen molar-refractivity contribution in [3.63, 3.8) is 0 Å². The van der Waals surface area contributed by atoms with Crippen LogP contribution in [-0.2, 0) is 15.8 Å². The summed E-state index contributed by atoms with van der Waals surface area (Å²) in [7, 11) is -3.54. The molecule has 0 bridgehead atoms. The second kappa shape index (κ2) is 9.03. The normalized spacial score (nSPS) is 11.4. The molecule has 0 aliphatic heterocycles. The first-order valence-corrected chi connectivity index (χ1v) is 12.0. The quantitative estimate of drug-likeness (QED) is 0.429. The molecule has 1 N–H and O–H groups in total.